The van der Waals surface area contributed by atoms with E-state index in [1.807, 2.05) is 6.07 Å². The minimum absolute atomic E-state index is 0. The van der Waals surface area contributed by atoms with E-state index in [1.165, 1.54) is 11.1 Å². The smallest absolute Gasteiger partial charge is 0.191 e. The number of aliphatic imine (C=N–C) groups is 1. The molecule has 0 aliphatic carbocycles. The lowest BCUT2D eigenvalue weighted by Crippen LogP contribution is -2.37. The van der Waals surface area contributed by atoms with Crippen LogP contribution >= 0.6 is 35.3 Å². The predicted molar refractivity (Wildman–Crippen MR) is 126 cm³/mol. The zero-order chi connectivity index (χ0) is 19.2. The Morgan fingerprint density at radius 3 is 2.59 bits per heavy atom. The lowest BCUT2D eigenvalue weighted by molar-refractivity contribution is 0.409. The number of nitrogens with one attached hydrogen (secondary N) is 2. The Bertz CT molecular complexity index is 753. The highest BCUT2D eigenvalue weighted by atomic mass is 127. The number of nitrogens with zero attached hydrogens (tertiary/aromatic N) is 2. The maximum atomic E-state index is 5.44. The van der Waals surface area contributed by atoms with E-state index in [9.17, 15) is 0 Å². The molecule has 5 nitrogen and oxygen atoms in total. The normalized spacial score (nSPS) is 11.7. The van der Waals surface area contributed by atoms with Gasteiger partial charge in [-0.3, -0.25) is 4.99 Å². The lowest BCUT2D eigenvalue weighted by atomic mass is 9.93. The van der Waals surface area contributed by atoms with E-state index in [2.05, 4.69) is 60.8 Å². The van der Waals surface area contributed by atoms with Crippen LogP contribution in [0.5, 0.6) is 5.75 Å². The van der Waals surface area contributed by atoms with Crippen molar-refractivity contribution in [2.45, 2.75) is 46.1 Å². The van der Waals surface area contributed by atoms with Crippen molar-refractivity contribution in [1.82, 2.24) is 15.6 Å². The highest BCUT2D eigenvalue weighted by molar-refractivity contribution is 14.0. The van der Waals surface area contributed by atoms with Gasteiger partial charge in [-0.1, -0.05) is 38.5 Å². The van der Waals surface area contributed by atoms with Crippen molar-refractivity contribution in [2.24, 2.45) is 4.99 Å². The number of benzene rings is 1. The third kappa shape index (κ3) is 7.29. The summed E-state index contributed by atoms with van der Waals surface area (Å²) in [5, 5.41) is 9.89. The molecule has 0 saturated carbocycles. The number of methoxy groups -OCH3 is 1. The first-order valence-electron chi connectivity index (χ1n) is 8.86. The van der Waals surface area contributed by atoms with Crippen LogP contribution in [0, 0.1) is 6.92 Å². The predicted octanol–water partition coefficient (Wildman–Crippen LogP) is 4.28. The summed E-state index contributed by atoms with van der Waals surface area (Å²) in [5.41, 5.74) is 3.65. The molecule has 1 aromatic heterocycles. The van der Waals surface area contributed by atoms with Crippen LogP contribution in [0.25, 0.3) is 0 Å². The molecule has 2 N–H and O–H groups in total. The molecular formula is C20H31IN4OS. The molecule has 1 aromatic carbocycles. The summed E-state index contributed by atoms with van der Waals surface area (Å²) < 4.78 is 5.44. The van der Waals surface area contributed by atoms with Crippen LogP contribution in [0.4, 0.5) is 0 Å². The second-order valence-corrected chi connectivity index (χ2v) is 8.24. The molecule has 0 atom stereocenters. The van der Waals surface area contributed by atoms with Crippen molar-refractivity contribution in [3.63, 3.8) is 0 Å². The average molecular weight is 502 g/mol. The minimum atomic E-state index is 0. The fourth-order valence-electron chi connectivity index (χ4n) is 2.53. The summed E-state index contributed by atoms with van der Waals surface area (Å²) in [6, 6.07) is 6.25. The van der Waals surface area contributed by atoms with Crippen LogP contribution < -0.4 is 15.4 Å². The van der Waals surface area contributed by atoms with Gasteiger partial charge >= 0.3 is 0 Å². The molecule has 0 aliphatic heterocycles. The molecular weight excluding hydrogens is 471 g/mol. The summed E-state index contributed by atoms with van der Waals surface area (Å²) in [6.45, 7) is 10.1. The van der Waals surface area contributed by atoms with Crippen molar-refractivity contribution in [1.29, 1.82) is 0 Å². The third-order valence-corrected chi connectivity index (χ3v) is 4.92. The first-order valence-corrected chi connectivity index (χ1v) is 9.74. The van der Waals surface area contributed by atoms with Gasteiger partial charge in [0.05, 0.1) is 19.3 Å². The van der Waals surface area contributed by atoms with Crippen molar-refractivity contribution < 1.29 is 4.74 Å². The van der Waals surface area contributed by atoms with Gasteiger partial charge in [0, 0.05) is 24.4 Å². The van der Waals surface area contributed by atoms with Crippen molar-refractivity contribution in [2.75, 3.05) is 20.7 Å². The zero-order valence-corrected chi connectivity index (χ0v) is 20.2. The van der Waals surface area contributed by atoms with E-state index in [0.29, 0.717) is 6.54 Å². The van der Waals surface area contributed by atoms with Crippen LogP contribution in [-0.2, 0) is 18.4 Å². The molecule has 0 spiro atoms. The van der Waals surface area contributed by atoms with Crippen molar-refractivity contribution in [3.8, 4) is 5.75 Å². The van der Waals surface area contributed by atoms with Gasteiger partial charge in [-0.2, -0.15) is 0 Å². The minimum Gasteiger partial charge on any atom is -0.496 e. The summed E-state index contributed by atoms with van der Waals surface area (Å²) >= 11 is 1.68. The van der Waals surface area contributed by atoms with Crippen molar-refractivity contribution >= 4 is 41.3 Å². The Kier molecular flexibility index (Phi) is 9.52. The van der Waals surface area contributed by atoms with E-state index in [0.717, 1.165) is 35.4 Å². The Morgan fingerprint density at radius 1 is 1.26 bits per heavy atom. The fraction of sp³-hybridized carbons (Fsp3) is 0.500. The number of aryl methyl sites for hydroxylation is 1. The molecule has 150 valence electrons. The topological polar surface area (TPSA) is 58.5 Å². The molecule has 0 fully saturated rings. The quantitative estimate of drug-likeness (QED) is 0.352. The van der Waals surface area contributed by atoms with Gasteiger partial charge in [0.2, 0.25) is 0 Å². The van der Waals surface area contributed by atoms with Crippen LogP contribution in [-0.4, -0.2) is 31.6 Å². The molecule has 0 amide bonds. The Balaban J connectivity index is 0.00000364. The number of ether oxygens (including phenoxy) is 1. The molecule has 1 heterocycles. The molecule has 27 heavy (non-hydrogen) atoms. The highest BCUT2D eigenvalue weighted by Crippen LogP contribution is 2.23. The maximum Gasteiger partial charge on any atom is 0.191 e. The molecule has 0 unspecified atom stereocenters. The monoisotopic (exact) mass is 502 g/mol. The van der Waals surface area contributed by atoms with Gasteiger partial charge in [-0.15, -0.1) is 35.3 Å². The largest absolute Gasteiger partial charge is 0.496 e. The number of thiazole rings is 1. The number of halogens is 1. The van der Waals surface area contributed by atoms with E-state index >= 15 is 0 Å². The average Bonchev–Trinajstić information content (AvgIpc) is 3.07. The number of hydrogen-bond donors (Lipinski definition) is 2. The highest BCUT2D eigenvalue weighted by Gasteiger charge is 2.17. The van der Waals surface area contributed by atoms with E-state index < -0.39 is 0 Å². The van der Waals surface area contributed by atoms with E-state index in [4.69, 9.17) is 9.72 Å². The molecule has 0 saturated heterocycles. The SMILES string of the molecule is CN=C(NCCc1cc(C)ccc1OC)NCc1nc(C(C)(C)C)cs1.I. The molecule has 2 rings (SSSR count). The molecule has 0 aliphatic rings. The maximum absolute atomic E-state index is 5.44. The van der Waals surface area contributed by atoms with Gasteiger partial charge in [0.25, 0.3) is 0 Å². The summed E-state index contributed by atoms with van der Waals surface area (Å²) in [7, 11) is 3.49. The Hall–Kier alpha value is -1.35. The number of rotatable bonds is 6. The number of guanidine groups is 1. The molecule has 0 radical (unpaired) electrons. The third-order valence-electron chi connectivity index (χ3n) is 4.07. The molecule has 0 bridgehead atoms. The standard InChI is InChI=1S/C20H30N4OS.HI/c1-14-7-8-16(25-6)15(11-14)9-10-22-19(21-5)23-12-18-24-17(13-26-18)20(2,3)4;/h7-8,11,13H,9-10,12H2,1-6H3,(H2,21,22,23);1H. The summed E-state index contributed by atoms with van der Waals surface area (Å²) in [5.74, 6) is 1.71. The van der Waals surface area contributed by atoms with Crippen LogP contribution in [0.1, 0.15) is 42.6 Å². The summed E-state index contributed by atoms with van der Waals surface area (Å²) in [6.07, 6.45) is 0.872. The van der Waals surface area contributed by atoms with Crippen LogP contribution in [0.15, 0.2) is 28.6 Å². The van der Waals surface area contributed by atoms with Gasteiger partial charge in [0.1, 0.15) is 10.8 Å². The first-order chi connectivity index (χ1) is 12.3. The molecule has 2 aromatic rings. The second-order valence-electron chi connectivity index (χ2n) is 7.29. The van der Waals surface area contributed by atoms with E-state index in [1.54, 1.807) is 25.5 Å². The Labute approximate surface area is 184 Å². The summed E-state index contributed by atoms with van der Waals surface area (Å²) in [4.78, 5) is 8.99. The van der Waals surface area contributed by atoms with Crippen molar-refractivity contribution in [3.05, 3.63) is 45.4 Å². The number of aromatic nitrogens is 1. The van der Waals surface area contributed by atoms with E-state index in [-0.39, 0.29) is 29.4 Å². The fourth-order valence-corrected chi connectivity index (χ4v) is 3.50. The van der Waals surface area contributed by atoms with Gasteiger partial charge < -0.3 is 15.4 Å². The lowest BCUT2D eigenvalue weighted by Gasteiger charge is -2.14. The van der Waals surface area contributed by atoms with Gasteiger partial charge in [-0.05, 0) is 25.0 Å². The second kappa shape index (κ2) is 10.8. The van der Waals surface area contributed by atoms with Gasteiger partial charge in [-0.25, -0.2) is 4.98 Å². The molecule has 7 heteroatoms. The Morgan fingerprint density at radius 2 is 2.00 bits per heavy atom. The van der Waals surface area contributed by atoms with Crippen LogP contribution in [0.2, 0.25) is 0 Å². The zero-order valence-electron chi connectivity index (χ0n) is 17.0. The van der Waals surface area contributed by atoms with Crippen LogP contribution in [0.3, 0.4) is 0 Å². The first kappa shape index (κ1) is 23.7. The number of hydrogen-bond acceptors (Lipinski definition) is 4. The van der Waals surface area contributed by atoms with Gasteiger partial charge in [0.15, 0.2) is 5.96 Å².